The fourth-order valence-corrected chi connectivity index (χ4v) is 1.77. The van der Waals surface area contributed by atoms with Crippen molar-refractivity contribution in [2.45, 2.75) is 32.1 Å². The van der Waals surface area contributed by atoms with Crippen LogP contribution in [0.25, 0.3) is 0 Å². The van der Waals surface area contributed by atoms with Gasteiger partial charge in [-0.05, 0) is 12.8 Å². The molecule has 2 N–H and O–H groups in total. The molecule has 0 saturated carbocycles. The first-order valence-electron chi connectivity index (χ1n) is 4.17. The largest absolute Gasteiger partial charge is 0.325 e. The third-order valence-corrected chi connectivity index (χ3v) is 2.75. The number of hydrogen-bond acceptors (Lipinski definition) is 1. The van der Waals surface area contributed by atoms with E-state index in [4.69, 9.17) is 21.4 Å². The highest BCUT2D eigenvalue weighted by Gasteiger charge is 2.10. The van der Waals surface area contributed by atoms with Crippen LogP contribution in [-0.4, -0.2) is 21.8 Å². The number of rotatable bonds is 7. The van der Waals surface area contributed by atoms with Crippen molar-refractivity contribution in [2.24, 2.45) is 0 Å². The molecule has 3 nitrogen and oxygen atoms in total. The van der Waals surface area contributed by atoms with Crippen molar-refractivity contribution in [1.82, 2.24) is 0 Å². The van der Waals surface area contributed by atoms with Crippen molar-refractivity contribution in [3.8, 4) is 0 Å². The van der Waals surface area contributed by atoms with Gasteiger partial charge in [-0.3, -0.25) is 4.57 Å². The van der Waals surface area contributed by atoms with Gasteiger partial charge in [0.2, 0.25) is 0 Å². The maximum absolute atomic E-state index is 10.4. The Labute approximate surface area is 78.3 Å². The predicted octanol–water partition coefficient (Wildman–Crippen LogP) is 2.35. The van der Waals surface area contributed by atoms with Crippen LogP contribution in [0.2, 0.25) is 0 Å². The van der Waals surface area contributed by atoms with Crippen molar-refractivity contribution in [2.75, 3.05) is 12.0 Å². The minimum atomic E-state index is -3.75. The molecule has 0 heterocycles. The lowest BCUT2D eigenvalue weighted by Crippen LogP contribution is -1.88. The van der Waals surface area contributed by atoms with Gasteiger partial charge in [-0.2, -0.15) is 0 Å². The molecule has 0 spiro atoms. The fourth-order valence-electron chi connectivity index (χ4n) is 0.943. The molecule has 0 aromatic carbocycles. The lowest BCUT2D eigenvalue weighted by molar-refractivity contribution is 0.370. The molecule has 0 aromatic rings. The molecule has 0 aliphatic rings. The van der Waals surface area contributed by atoms with Crippen molar-refractivity contribution >= 4 is 19.2 Å². The Morgan fingerprint density at radius 2 is 1.50 bits per heavy atom. The molecule has 0 amide bonds. The normalized spacial score (nSPS) is 11.9. The smallest absolute Gasteiger partial charge is 0.324 e. The molecule has 0 radical (unpaired) electrons. The molecule has 74 valence electrons. The van der Waals surface area contributed by atoms with Crippen LogP contribution >= 0.6 is 19.2 Å². The standard InChI is InChI=1S/C7H16ClO3P/c8-6-4-2-1-3-5-7-12(9,10)11/h1-7H2,(H2,9,10,11). The molecule has 12 heavy (non-hydrogen) atoms. The number of alkyl halides is 1. The van der Waals surface area contributed by atoms with Crippen LogP contribution in [0.5, 0.6) is 0 Å². The summed E-state index contributed by atoms with van der Waals surface area (Å²) in [5, 5.41) is 0. The highest BCUT2D eigenvalue weighted by atomic mass is 35.5. The van der Waals surface area contributed by atoms with E-state index >= 15 is 0 Å². The Hall–Kier alpha value is 0.440. The van der Waals surface area contributed by atoms with Crippen LogP contribution in [0, 0.1) is 0 Å². The molecular weight excluding hydrogens is 199 g/mol. The number of unbranched alkanes of at least 4 members (excludes halogenated alkanes) is 4. The molecule has 5 heteroatoms. The zero-order valence-electron chi connectivity index (χ0n) is 7.08. The van der Waals surface area contributed by atoms with E-state index in [1.54, 1.807) is 0 Å². The van der Waals surface area contributed by atoms with Crippen LogP contribution in [0.4, 0.5) is 0 Å². The second-order valence-electron chi connectivity index (χ2n) is 2.85. The maximum atomic E-state index is 10.4. The van der Waals surface area contributed by atoms with Gasteiger partial charge in [0, 0.05) is 12.0 Å². The lowest BCUT2D eigenvalue weighted by Gasteiger charge is -2.02. The molecule has 0 fully saturated rings. The third-order valence-electron chi connectivity index (χ3n) is 1.58. The summed E-state index contributed by atoms with van der Waals surface area (Å²) in [6, 6.07) is 0. The van der Waals surface area contributed by atoms with Crippen molar-refractivity contribution in [3.63, 3.8) is 0 Å². The third kappa shape index (κ3) is 10.4. The summed E-state index contributed by atoms with van der Waals surface area (Å²) >= 11 is 5.46. The molecule has 0 unspecified atom stereocenters. The average molecular weight is 215 g/mol. The Kier molecular flexibility index (Phi) is 7.16. The quantitative estimate of drug-likeness (QED) is 0.389. The SMILES string of the molecule is O=P(O)(O)CCCCCCCCl. The Bertz CT molecular complexity index is 146. The molecule has 0 bridgehead atoms. The fraction of sp³-hybridized carbons (Fsp3) is 1.00. The Morgan fingerprint density at radius 3 is 2.00 bits per heavy atom. The molecule has 0 rings (SSSR count). The van der Waals surface area contributed by atoms with E-state index in [1.807, 2.05) is 0 Å². The lowest BCUT2D eigenvalue weighted by atomic mass is 10.2. The molecule has 0 saturated heterocycles. The average Bonchev–Trinajstić information content (AvgIpc) is 1.94. The monoisotopic (exact) mass is 214 g/mol. The van der Waals surface area contributed by atoms with Gasteiger partial charge in [0.05, 0.1) is 0 Å². The Morgan fingerprint density at radius 1 is 1.00 bits per heavy atom. The van der Waals surface area contributed by atoms with E-state index in [0.717, 1.165) is 25.7 Å². The summed E-state index contributed by atoms with van der Waals surface area (Å²) in [7, 11) is -3.75. The summed E-state index contributed by atoms with van der Waals surface area (Å²) in [6.45, 7) is 0. The van der Waals surface area contributed by atoms with Gasteiger partial charge >= 0.3 is 7.60 Å². The van der Waals surface area contributed by atoms with E-state index in [9.17, 15) is 4.57 Å². The van der Waals surface area contributed by atoms with Crippen LogP contribution in [0.3, 0.4) is 0 Å². The minimum absolute atomic E-state index is 0.0217. The van der Waals surface area contributed by atoms with Crippen LogP contribution in [0.15, 0.2) is 0 Å². The van der Waals surface area contributed by atoms with E-state index < -0.39 is 7.60 Å². The van der Waals surface area contributed by atoms with Crippen molar-refractivity contribution < 1.29 is 14.4 Å². The van der Waals surface area contributed by atoms with Gasteiger partial charge < -0.3 is 9.79 Å². The first kappa shape index (κ1) is 12.4. The van der Waals surface area contributed by atoms with Gasteiger partial charge in [-0.15, -0.1) is 11.6 Å². The molecule has 0 aliphatic heterocycles. The summed E-state index contributed by atoms with van der Waals surface area (Å²) < 4.78 is 10.4. The van der Waals surface area contributed by atoms with E-state index in [0.29, 0.717) is 12.3 Å². The second kappa shape index (κ2) is 6.90. The maximum Gasteiger partial charge on any atom is 0.325 e. The summed E-state index contributed by atoms with van der Waals surface area (Å²) in [5.41, 5.74) is 0. The van der Waals surface area contributed by atoms with Gasteiger partial charge in [0.15, 0.2) is 0 Å². The Balaban J connectivity index is 3.06. The molecule has 0 aromatic heterocycles. The van der Waals surface area contributed by atoms with Gasteiger partial charge in [0.25, 0.3) is 0 Å². The topological polar surface area (TPSA) is 57.5 Å². The highest BCUT2D eigenvalue weighted by molar-refractivity contribution is 7.51. The van der Waals surface area contributed by atoms with Crippen molar-refractivity contribution in [3.05, 3.63) is 0 Å². The van der Waals surface area contributed by atoms with E-state index in [2.05, 4.69) is 0 Å². The molecular formula is C7H16ClO3P. The van der Waals surface area contributed by atoms with Crippen LogP contribution in [-0.2, 0) is 4.57 Å². The van der Waals surface area contributed by atoms with Gasteiger partial charge in [0.1, 0.15) is 0 Å². The molecule has 0 atom stereocenters. The zero-order chi connectivity index (χ0) is 9.45. The van der Waals surface area contributed by atoms with Gasteiger partial charge in [-0.1, -0.05) is 19.3 Å². The van der Waals surface area contributed by atoms with Gasteiger partial charge in [-0.25, -0.2) is 0 Å². The summed E-state index contributed by atoms with van der Waals surface area (Å²) in [5.74, 6) is 0.679. The van der Waals surface area contributed by atoms with Crippen molar-refractivity contribution in [1.29, 1.82) is 0 Å². The minimum Gasteiger partial charge on any atom is -0.324 e. The summed E-state index contributed by atoms with van der Waals surface area (Å²) in [4.78, 5) is 17.0. The first-order chi connectivity index (χ1) is 5.56. The van der Waals surface area contributed by atoms with E-state index in [1.165, 1.54) is 0 Å². The van der Waals surface area contributed by atoms with Crippen LogP contribution in [0.1, 0.15) is 32.1 Å². The highest BCUT2D eigenvalue weighted by Crippen LogP contribution is 2.35. The molecule has 0 aliphatic carbocycles. The predicted molar refractivity (Wildman–Crippen MR) is 50.7 cm³/mol. The second-order valence-corrected chi connectivity index (χ2v) is 5.00. The zero-order valence-corrected chi connectivity index (χ0v) is 8.73. The number of halogens is 1. The number of hydrogen-bond donors (Lipinski definition) is 2. The first-order valence-corrected chi connectivity index (χ1v) is 6.50. The van der Waals surface area contributed by atoms with E-state index in [-0.39, 0.29) is 6.16 Å². The van der Waals surface area contributed by atoms with Crippen LogP contribution < -0.4 is 0 Å². The summed E-state index contributed by atoms with van der Waals surface area (Å²) in [6.07, 6.45) is 4.61.